The molecule has 4 heteroatoms. The van der Waals surface area contributed by atoms with Gasteiger partial charge >= 0.3 is 5.97 Å². The molecule has 0 aliphatic rings. The lowest BCUT2D eigenvalue weighted by atomic mass is 9.96. The van der Waals surface area contributed by atoms with E-state index in [1.54, 1.807) is 19.2 Å². The molecule has 17 heavy (non-hydrogen) atoms. The lowest BCUT2D eigenvalue weighted by Gasteiger charge is -2.13. The number of carbonyl (C=O) groups is 1. The van der Waals surface area contributed by atoms with Crippen molar-refractivity contribution in [3.05, 3.63) is 28.8 Å². The first-order valence-corrected chi connectivity index (χ1v) is 5.33. The van der Waals surface area contributed by atoms with Crippen LogP contribution in [-0.4, -0.2) is 20.2 Å². The summed E-state index contributed by atoms with van der Waals surface area (Å²) in [5.74, 6) is 0.277. The highest BCUT2D eigenvalue weighted by Gasteiger charge is 2.16. The summed E-state index contributed by atoms with van der Waals surface area (Å²) in [6, 6.07) is 5.53. The molecule has 0 aliphatic carbocycles. The van der Waals surface area contributed by atoms with Crippen molar-refractivity contribution in [3.8, 4) is 11.8 Å². The third kappa shape index (κ3) is 2.76. The Bertz CT molecular complexity index is 460. The van der Waals surface area contributed by atoms with Crippen molar-refractivity contribution in [2.24, 2.45) is 0 Å². The van der Waals surface area contributed by atoms with Crippen LogP contribution in [0.1, 0.15) is 23.6 Å². The first kappa shape index (κ1) is 13.0. The summed E-state index contributed by atoms with van der Waals surface area (Å²) in [5.41, 5.74) is 2.16. The zero-order valence-electron chi connectivity index (χ0n) is 10.2. The molecule has 0 N–H and O–H groups in total. The van der Waals surface area contributed by atoms with Gasteiger partial charge in [-0.05, 0) is 24.1 Å². The maximum absolute atomic E-state index is 11.4. The highest BCUT2D eigenvalue weighted by molar-refractivity contribution is 5.74. The highest BCUT2D eigenvalue weighted by Crippen LogP contribution is 2.26. The number of esters is 1. The smallest absolute Gasteiger partial charge is 0.310 e. The summed E-state index contributed by atoms with van der Waals surface area (Å²) in [6.07, 6.45) is 0.796. The molecule has 1 aromatic carbocycles. The number of nitriles is 1. The van der Waals surface area contributed by atoms with Crippen LogP contribution >= 0.6 is 0 Å². The topological polar surface area (TPSA) is 59.3 Å². The van der Waals surface area contributed by atoms with Crippen LogP contribution in [0.15, 0.2) is 12.1 Å². The molecule has 4 nitrogen and oxygen atoms in total. The largest absolute Gasteiger partial charge is 0.496 e. The van der Waals surface area contributed by atoms with Crippen LogP contribution in [0.5, 0.6) is 5.75 Å². The second-order valence-electron chi connectivity index (χ2n) is 3.49. The monoisotopic (exact) mass is 233 g/mol. The molecule has 0 spiro atoms. The van der Waals surface area contributed by atoms with Crippen LogP contribution in [0.4, 0.5) is 0 Å². The predicted octanol–water partition coefficient (Wildman–Crippen LogP) is 1.84. The summed E-state index contributed by atoms with van der Waals surface area (Å²) in [4.78, 5) is 11.4. The molecule has 0 aromatic heterocycles. The number of hydrogen-bond acceptors (Lipinski definition) is 4. The van der Waals surface area contributed by atoms with E-state index in [1.807, 2.05) is 6.92 Å². The van der Waals surface area contributed by atoms with Crippen LogP contribution in [0.3, 0.4) is 0 Å². The molecule has 0 amide bonds. The Morgan fingerprint density at radius 3 is 2.53 bits per heavy atom. The van der Waals surface area contributed by atoms with Crippen LogP contribution in [0.25, 0.3) is 0 Å². The highest BCUT2D eigenvalue weighted by atomic mass is 16.5. The average Bonchev–Trinajstić information content (AvgIpc) is 2.37. The Hall–Kier alpha value is -2.02. The lowest BCUT2D eigenvalue weighted by molar-refractivity contribution is -0.139. The van der Waals surface area contributed by atoms with Crippen LogP contribution < -0.4 is 4.74 Å². The van der Waals surface area contributed by atoms with Gasteiger partial charge in [0.1, 0.15) is 5.75 Å². The van der Waals surface area contributed by atoms with Gasteiger partial charge in [-0.15, -0.1) is 0 Å². The van der Waals surface area contributed by atoms with Gasteiger partial charge in [0.05, 0.1) is 32.3 Å². The van der Waals surface area contributed by atoms with E-state index in [2.05, 4.69) is 10.8 Å². The normalized spacial score (nSPS) is 9.53. The molecule has 0 bridgehead atoms. The van der Waals surface area contributed by atoms with E-state index in [0.717, 1.165) is 11.1 Å². The third-order valence-corrected chi connectivity index (χ3v) is 2.63. The predicted molar refractivity (Wildman–Crippen MR) is 62.8 cm³/mol. The van der Waals surface area contributed by atoms with Crippen molar-refractivity contribution in [1.29, 1.82) is 5.26 Å². The Morgan fingerprint density at radius 2 is 2.06 bits per heavy atom. The van der Waals surface area contributed by atoms with Gasteiger partial charge < -0.3 is 9.47 Å². The molecule has 1 rings (SSSR count). The summed E-state index contributed by atoms with van der Waals surface area (Å²) in [5, 5.41) is 9.02. The number of benzene rings is 1. The van der Waals surface area contributed by atoms with E-state index >= 15 is 0 Å². The fourth-order valence-corrected chi connectivity index (χ4v) is 1.78. The second kappa shape index (κ2) is 5.90. The molecule has 0 fully saturated rings. The van der Waals surface area contributed by atoms with Gasteiger partial charge in [-0.25, -0.2) is 0 Å². The quantitative estimate of drug-likeness (QED) is 0.744. The van der Waals surface area contributed by atoms with E-state index in [9.17, 15) is 4.79 Å². The maximum Gasteiger partial charge on any atom is 0.310 e. The molecule has 0 radical (unpaired) electrons. The Labute approximate surface area is 101 Å². The van der Waals surface area contributed by atoms with Crippen LogP contribution in [0.2, 0.25) is 0 Å². The second-order valence-corrected chi connectivity index (χ2v) is 3.49. The molecule has 1 aromatic rings. The summed E-state index contributed by atoms with van der Waals surface area (Å²) >= 11 is 0. The van der Waals surface area contributed by atoms with Gasteiger partial charge in [0.25, 0.3) is 0 Å². The van der Waals surface area contributed by atoms with Gasteiger partial charge in [-0.3, -0.25) is 4.79 Å². The van der Waals surface area contributed by atoms with E-state index < -0.39 is 0 Å². The number of carbonyl (C=O) groups excluding carboxylic acids is 1. The van der Waals surface area contributed by atoms with Gasteiger partial charge in [0, 0.05) is 5.56 Å². The van der Waals surface area contributed by atoms with Crippen molar-refractivity contribution >= 4 is 5.97 Å². The Balaban J connectivity index is 3.30. The first-order chi connectivity index (χ1) is 8.17. The molecule has 90 valence electrons. The van der Waals surface area contributed by atoms with Gasteiger partial charge in [-0.2, -0.15) is 5.26 Å². The van der Waals surface area contributed by atoms with E-state index in [1.165, 1.54) is 7.11 Å². The Kier molecular flexibility index (Phi) is 4.53. The first-order valence-electron chi connectivity index (χ1n) is 5.33. The molecular weight excluding hydrogens is 218 g/mol. The van der Waals surface area contributed by atoms with Crippen LogP contribution in [0, 0.1) is 11.3 Å². The SMILES string of the molecule is CCc1c(C#N)ccc(OC)c1CC(=O)OC. The molecule has 0 saturated heterocycles. The van der Waals surface area contributed by atoms with Gasteiger partial charge in [0.15, 0.2) is 0 Å². The van der Waals surface area contributed by atoms with Crippen molar-refractivity contribution in [2.45, 2.75) is 19.8 Å². The number of hydrogen-bond donors (Lipinski definition) is 0. The maximum atomic E-state index is 11.4. The van der Waals surface area contributed by atoms with Gasteiger partial charge in [0.2, 0.25) is 0 Å². The standard InChI is InChI=1S/C13H15NO3/c1-4-10-9(8-14)5-6-12(16-2)11(10)7-13(15)17-3/h5-6H,4,7H2,1-3H3. The molecule has 0 aliphatic heterocycles. The zero-order valence-corrected chi connectivity index (χ0v) is 10.2. The number of ether oxygens (including phenoxy) is 2. The van der Waals surface area contributed by atoms with Crippen molar-refractivity contribution in [1.82, 2.24) is 0 Å². The number of nitrogens with zero attached hydrogens (tertiary/aromatic N) is 1. The van der Waals surface area contributed by atoms with E-state index in [-0.39, 0.29) is 12.4 Å². The summed E-state index contributed by atoms with van der Waals surface area (Å²) < 4.78 is 9.86. The number of rotatable bonds is 4. The molecule has 0 heterocycles. The molecular formula is C13H15NO3. The zero-order chi connectivity index (χ0) is 12.8. The Morgan fingerprint density at radius 1 is 1.35 bits per heavy atom. The van der Waals surface area contributed by atoms with Crippen LogP contribution in [-0.2, 0) is 22.4 Å². The minimum atomic E-state index is -0.340. The molecule has 0 unspecified atom stereocenters. The fourth-order valence-electron chi connectivity index (χ4n) is 1.78. The summed E-state index contributed by atoms with van der Waals surface area (Å²) in [7, 11) is 2.89. The average molecular weight is 233 g/mol. The van der Waals surface area contributed by atoms with Crippen molar-refractivity contribution < 1.29 is 14.3 Å². The third-order valence-electron chi connectivity index (χ3n) is 2.63. The van der Waals surface area contributed by atoms with Gasteiger partial charge in [-0.1, -0.05) is 6.92 Å². The summed E-state index contributed by atoms with van der Waals surface area (Å²) in [6.45, 7) is 1.94. The minimum absolute atomic E-state index is 0.123. The van der Waals surface area contributed by atoms with E-state index in [4.69, 9.17) is 10.00 Å². The van der Waals surface area contributed by atoms with Crippen molar-refractivity contribution in [3.63, 3.8) is 0 Å². The minimum Gasteiger partial charge on any atom is -0.496 e. The fraction of sp³-hybridized carbons (Fsp3) is 0.385. The van der Waals surface area contributed by atoms with E-state index in [0.29, 0.717) is 17.7 Å². The molecule has 0 saturated carbocycles. The lowest BCUT2D eigenvalue weighted by Crippen LogP contribution is -2.09. The number of methoxy groups -OCH3 is 2. The van der Waals surface area contributed by atoms with Crippen molar-refractivity contribution in [2.75, 3.05) is 14.2 Å². The molecule has 0 atom stereocenters.